The fourth-order valence-electron chi connectivity index (χ4n) is 0.989. The summed E-state index contributed by atoms with van der Waals surface area (Å²) in [5, 5.41) is 10.6. The van der Waals surface area contributed by atoms with Crippen molar-refractivity contribution < 1.29 is 9.72 Å². The topological polar surface area (TPSA) is 72.6 Å². The first-order chi connectivity index (χ1) is 7.58. The lowest BCUT2D eigenvalue weighted by Gasteiger charge is -1.93. The number of aliphatic imine (C=N–C) groups is 1. The van der Waals surface area contributed by atoms with Gasteiger partial charge < -0.3 is 0 Å². The third-order valence-electron chi connectivity index (χ3n) is 1.69. The Labute approximate surface area is 96.9 Å². The van der Waals surface area contributed by atoms with Crippen LogP contribution in [0.15, 0.2) is 29.3 Å². The van der Waals surface area contributed by atoms with Crippen molar-refractivity contribution in [1.82, 2.24) is 0 Å². The summed E-state index contributed by atoms with van der Waals surface area (Å²) in [5.74, 6) is -0.470. The molecule has 6 heteroatoms. The maximum Gasteiger partial charge on any atom is 0.261 e. The first kappa shape index (κ1) is 12.3. The Kier molecular flexibility index (Phi) is 4.60. The zero-order valence-corrected chi connectivity index (χ0v) is 9.05. The lowest BCUT2D eigenvalue weighted by Crippen LogP contribution is -2.13. The molecule has 0 unspecified atom stereocenters. The van der Waals surface area contributed by atoms with Crippen LogP contribution in [-0.4, -0.2) is 23.5 Å². The molecule has 0 aromatic heterocycles. The third-order valence-corrected chi connectivity index (χ3v) is 1.94. The molecule has 0 saturated carbocycles. The maximum atomic E-state index is 10.9. The van der Waals surface area contributed by atoms with Crippen LogP contribution in [0.4, 0.5) is 5.69 Å². The van der Waals surface area contributed by atoms with Gasteiger partial charge in [0.25, 0.3) is 6.54 Å². The molecule has 0 aliphatic heterocycles. The molecule has 0 saturated heterocycles. The Balaban J connectivity index is 2.45. The number of nitrogens with zero attached hydrogens (tertiary/aromatic N) is 2. The average Bonchev–Trinajstić information content (AvgIpc) is 2.20. The molecule has 1 aromatic rings. The Morgan fingerprint density at radius 2 is 2.06 bits per heavy atom. The van der Waals surface area contributed by atoms with Gasteiger partial charge in [-0.25, -0.2) is 0 Å². The quantitative estimate of drug-likeness (QED) is 0.450. The van der Waals surface area contributed by atoms with Gasteiger partial charge in [-0.15, -0.1) is 0 Å². The molecule has 5 nitrogen and oxygen atoms in total. The van der Waals surface area contributed by atoms with E-state index >= 15 is 0 Å². The summed E-state index contributed by atoms with van der Waals surface area (Å²) in [6.07, 6.45) is 1.32. The summed E-state index contributed by atoms with van der Waals surface area (Å²) in [7, 11) is 0. The van der Waals surface area contributed by atoms with E-state index in [2.05, 4.69) is 4.99 Å². The van der Waals surface area contributed by atoms with Crippen molar-refractivity contribution in [2.75, 3.05) is 6.54 Å². The Bertz CT molecular complexity index is 415. The molecule has 0 spiro atoms. The summed E-state index contributed by atoms with van der Waals surface area (Å²) in [5.41, 5.74) is 0.651. The van der Waals surface area contributed by atoms with Crippen LogP contribution in [0.2, 0.25) is 5.02 Å². The second-order valence-corrected chi connectivity index (χ2v) is 3.46. The van der Waals surface area contributed by atoms with E-state index in [1.54, 1.807) is 24.3 Å². The minimum absolute atomic E-state index is 0.0381. The lowest BCUT2D eigenvalue weighted by molar-refractivity contribution is -0.467. The molecular formula is C10H9ClN2O3. The maximum absolute atomic E-state index is 10.9. The Morgan fingerprint density at radius 1 is 1.44 bits per heavy atom. The summed E-state index contributed by atoms with van der Waals surface area (Å²) >= 11 is 5.67. The summed E-state index contributed by atoms with van der Waals surface area (Å²) in [6, 6.07) is 6.73. The van der Waals surface area contributed by atoms with Gasteiger partial charge in [0, 0.05) is 22.6 Å². The Morgan fingerprint density at radius 3 is 2.62 bits per heavy atom. The van der Waals surface area contributed by atoms with Gasteiger partial charge in [0.05, 0.1) is 5.69 Å². The number of hydrogen-bond acceptors (Lipinski definition) is 4. The minimum atomic E-state index is -0.660. The highest BCUT2D eigenvalue weighted by Crippen LogP contribution is 2.15. The number of rotatable bonds is 5. The SMILES string of the molecule is O=C(CC=Nc1ccc(Cl)cc1)C[N+](=O)[O-]. The second-order valence-electron chi connectivity index (χ2n) is 3.02. The van der Waals surface area contributed by atoms with Crippen LogP contribution in [0.3, 0.4) is 0 Å². The smallest absolute Gasteiger partial charge is 0.261 e. The zero-order valence-electron chi connectivity index (χ0n) is 8.30. The van der Waals surface area contributed by atoms with E-state index in [9.17, 15) is 14.9 Å². The first-order valence-corrected chi connectivity index (χ1v) is 4.87. The molecule has 84 valence electrons. The van der Waals surface area contributed by atoms with E-state index < -0.39 is 17.3 Å². The highest BCUT2D eigenvalue weighted by atomic mass is 35.5. The highest BCUT2D eigenvalue weighted by Gasteiger charge is 2.06. The molecule has 0 bridgehead atoms. The molecule has 0 fully saturated rings. The van der Waals surface area contributed by atoms with Gasteiger partial charge in [0.15, 0.2) is 0 Å². The highest BCUT2D eigenvalue weighted by molar-refractivity contribution is 6.30. The molecule has 1 aromatic carbocycles. The van der Waals surface area contributed by atoms with E-state index in [0.717, 1.165) is 0 Å². The van der Waals surface area contributed by atoms with Crippen LogP contribution >= 0.6 is 11.6 Å². The van der Waals surface area contributed by atoms with Crippen LogP contribution in [0, 0.1) is 10.1 Å². The molecule has 1 rings (SSSR count). The van der Waals surface area contributed by atoms with Gasteiger partial charge in [-0.3, -0.25) is 19.9 Å². The number of hydrogen-bond donors (Lipinski definition) is 0. The number of nitro groups is 1. The van der Waals surface area contributed by atoms with Crippen LogP contribution < -0.4 is 0 Å². The lowest BCUT2D eigenvalue weighted by atomic mass is 10.3. The van der Waals surface area contributed by atoms with Gasteiger partial charge in [-0.05, 0) is 24.3 Å². The van der Waals surface area contributed by atoms with Crippen molar-refractivity contribution in [3.05, 3.63) is 39.4 Å². The molecule has 0 aliphatic carbocycles. The number of benzene rings is 1. The average molecular weight is 241 g/mol. The van der Waals surface area contributed by atoms with Crippen molar-refractivity contribution in [1.29, 1.82) is 0 Å². The normalized spacial score (nSPS) is 10.6. The Hall–Kier alpha value is -1.75. The molecule has 0 amide bonds. The van der Waals surface area contributed by atoms with Gasteiger partial charge in [0.1, 0.15) is 0 Å². The molecule has 0 radical (unpaired) electrons. The first-order valence-electron chi connectivity index (χ1n) is 4.49. The predicted molar refractivity (Wildman–Crippen MR) is 61.1 cm³/mol. The van der Waals surface area contributed by atoms with Gasteiger partial charge >= 0.3 is 0 Å². The third kappa shape index (κ3) is 4.65. The molecule has 0 aliphatic rings. The van der Waals surface area contributed by atoms with Crippen LogP contribution in [-0.2, 0) is 4.79 Å². The van der Waals surface area contributed by atoms with Crippen LogP contribution in [0.25, 0.3) is 0 Å². The summed E-state index contributed by atoms with van der Waals surface area (Å²) < 4.78 is 0. The number of Topliss-reactive ketones (excluding diaryl/α,β-unsaturated/α-hetero) is 1. The molecular weight excluding hydrogens is 232 g/mol. The molecule has 0 N–H and O–H groups in total. The molecule has 0 atom stereocenters. The second kappa shape index (κ2) is 5.97. The van der Waals surface area contributed by atoms with E-state index in [4.69, 9.17) is 11.6 Å². The zero-order chi connectivity index (χ0) is 12.0. The van der Waals surface area contributed by atoms with Gasteiger partial charge in [-0.1, -0.05) is 11.6 Å². The molecule has 0 heterocycles. The van der Waals surface area contributed by atoms with E-state index in [0.29, 0.717) is 10.7 Å². The standard InChI is InChI=1S/C10H9ClN2O3/c11-8-1-3-9(4-2-8)12-6-5-10(14)7-13(15)16/h1-4,6H,5,7H2. The number of carbonyl (C=O) groups is 1. The van der Waals surface area contributed by atoms with Crippen LogP contribution in [0.1, 0.15) is 6.42 Å². The fraction of sp³-hybridized carbons (Fsp3) is 0.200. The van der Waals surface area contributed by atoms with Gasteiger partial charge in [-0.2, -0.15) is 0 Å². The minimum Gasteiger partial charge on any atom is -0.292 e. The van der Waals surface area contributed by atoms with E-state index in [1.807, 2.05) is 0 Å². The van der Waals surface area contributed by atoms with E-state index in [1.165, 1.54) is 6.21 Å². The fourth-order valence-corrected chi connectivity index (χ4v) is 1.11. The van der Waals surface area contributed by atoms with Crippen molar-refractivity contribution in [3.8, 4) is 0 Å². The number of carbonyl (C=O) groups excluding carboxylic acids is 1. The van der Waals surface area contributed by atoms with E-state index in [-0.39, 0.29) is 6.42 Å². The number of ketones is 1. The predicted octanol–water partition coefficient (Wildman–Crippen LogP) is 2.28. The number of halogens is 1. The van der Waals surface area contributed by atoms with Crippen molar-refractivity contribution in [3.63, 3.8) is 0 Å². The monoisotopic (exact) mass is 240 g/mol. The van der Waals surface area contributed by atoms with Crippen molar-refractivity contribution in [2.24, 2.45) is 4.99 Å². The van der Waals surface area contributed by atoms with Crippen LogP contribution in [0.5, 0.6) is 0 Å². The summed E-state index contributed by atoms with van der Waals surface area (Å²) in [6.45, 7) is -0.660. The largest absolute Gasteiger partial charge is 0.292 e. The molecule has 16 heavy (non-hydrogen) atoms. The van der Waals surface area contributed by atoms with Gasteiger partial charge in [0.2, 0.25) is 5.78 Å². The van der Waals surface area contributed by atoms with Crippen molar-refractivity contribution >= 4 is 29.3 Å². The van der Waals surface area contributed by atoms with Crippen molar-refractivity contribution in [2.45, 2.75) is 6.42 Å². The summed E-state index contributed by atoms with van der Waals surface area (Å²) in [4.78, 5) is 24.3.